The first kappa shape index (κ1) is 14.9. The Bertz CT molecular complexity index is 326. The fraction of sp³-hybridized carbons (Fsp3) is 0.692. The second-order valence-corrected chi connectivity index (χ2v) is 4.72. The highest BCUT2D eigenvalue weighted by atomic mass is 16.3. The molecule has 0 spiro atoms. The Kier molecular flexibility index (Phi) is 6.60. The largest absolute Gasteiger partial charge is 0.395 e. The molecule has 1 aromatic heterocycles. The minimum Gasteiger partial charge on any atom is -0.395 e. The lowest BCUT2D eigenvalue weighted by Crippen LogP contribution is -2.28. The van der Waals surface area contributed by atoms with Crippen LogP contribution in [0.25, 0.3) is 0 Å². The third kappa shape index (κ3) is 4.98. The van der Waals surface area contributed by atoms with Crippen molar-refractivity contribution in [3.05, 3.63) is 18.0 Å². The van der Waals surface area contributed by atoms with Gasteiger partial charge in [-0.25, -0.2) is 9.97 Å². The lowest BCUT2D eigenvalue weighted by molar-refractivity contribution is 0.301. The molecule has 1 rings (SSSR count). The molecular formula is C13H24N4O. The molecule has 0 aromatic carbocycles. The first-order chi connectivity index (χ1) is 8.67. The van der Waals surface area contributed by atoms with Gasteiger partial charge in [0.05, 0.1) is 6.61 Å². The van der Waals surface area contributed by atoms with Crippen molar-refractivity contribution in [3.63, 3.8) is 0 Å². The molecule has 0 aliphatic carbocycles. The topological polar surface area (TPSA) is 61.3 Å². The van der Waals surface area contributed by atoms with E-state index in [4.69, 9.17) is 5.11 Å². The van der Waals surface area contributed by atoms with Gasteiger partial charge in [-0.3, -0.25) is 0 Å². The molecule has 1 aromatic rings. The Labute approximate surface area is 109 Å². The number of likely N-dealkylation sites (N-methyl/N-ethyl adjacent to an activating group) is 1. The Hall–Kier alpha value is -1.20. The summed E-state index contributed by atoms with van der Waals surface area (Å²) in [5.41, 5.74) is 1.08. The third-order valence-corrected chi connectivity index (χ3v) is 2.61. The summed E-state index contributed by atoms with van der Waals surface area (Å²) < 4.78 is 0. The van der Waals surface area contributed by atoms with E-state index in [1.807, 2.05) is 24.2 Å². The van der Waals surface area contributed by atoms with Crippen LogP contribution < -0.4 is 10.2 Å². The highest BCUT2D eigenvalue weighted by molar-refractivity contribution is 5.29. The molecular weight excluding hydrogens is 228 g/mol. The SMILES string of the molecule is CCN(CCO)c1ncc(CNCC(C)C)cn1. The minimum absolute atomic E-state index is 0.120. The Balaban J connectivity index is 2.50. The van der Waals surface area contributed by atoms with E-state index < -0.39 is 0 Å². The van der Waals surface area contributed by atoms with E-state index in [1.54, 1.807) is 0 Å². The number of rotatable bonds is 8. The molecule has 102 valence electrons. The van der Waals surface area contributed by atoms with Crippen LogP contribution in [0.1, 0.15) is 26.3 Å². The van der Waals surface area contributed by atoms with Crippen molar-refractivity contribution < 1.29 is 5.11 Å². The van der Waals surface area contributed by atoms with Crippen LogP contribution in [0.15, 0.2) is 12.4 Å². The molecule has 0 fully saturated rings. The van der Waals surface area contributed by atoms with E-state index in [0.717, 1.165) is 25.2 Å². The maximum absolute atomic E-state index is 8.94. The lowest BCUT2D eigenvalue weighted by atomic mass is 10.2. The van der Waals surface area contributed by atoms with Crippen molar-refractivity contribution in [1.82, 2.24) is 15.3 Å². The van der Waals surface area contributed by atoms with Gasteiger partial charge in [0, 0.05) is 37.6 Å². The quantitative estimate of drug-likeness (QED) is 0.724. The van der Waals surface area contributed by atoms with Crippen LogP contribution in [0.2, 0.25) is 0 Å². The molecule has 0 amide bonds. The van der Waals surface area contributed by atoms with E-state index in [9.17, 15) is 0 Å². The fourth-order valence-corrected chi connectivity index (χ4v) is 1.63. The Morgan fingerprint density at radius 3 is 2.50 bits per heavy atom. The molecule has 0 aliphatic rings. The minimum atomic E-state index is 0.120. The van der Waals surface area contributed by atoms with Gasteiger partial charge in [-0.05, 0) is 19.4 Å². The second kappa shape index (κ2) is 8.00. The van der Waals surface area contributed by atoms with Crippen LogP contribution >= 0.6 is 0 Å². The molecule has 0 saturated heterocycles. The van der Waals surface area contributed by atoms with Crippen LogP contribution in [-0.2, 0) is 6.54 Å². The van der Waals surface area contributed by atoms with Gasteiger partial charge in [0.15, 0.2) is 0 Å². The van der Waals surface area contributed by atoms with E-state index in [0.29, 0.717) is 18.4 Å². The van der Waals surface area contributed by atoms with Crippen LogP contribution in [-0.4, -0.2) is 41.3 Å². The second-order valence-electron chi connectivity index (χ2n) is 4.72. The maximum atomic E-state index is 8.94. The van der Waals surface area contributed by atoms with Gasteiger partial charge in [0.1, 0.15) is 0 Å². The van der Waals surface area contributed by atoms with E-state index in [-0.39, 0.29) is 6.61 Å². The maximum Gasteiger partial charge on any atom is 0.225 e. The Morgan fingerprint density at radius 2 is 2.00 bits per heavy atom. The summed E-state index contributed by atoms with van der Waals surface area (Å²) in [6.07, 6.45) is 3.69. The summed E-state index contributed by atoms with van der Waals surface area (Å²) in [6.45, 7) is 9.66. The van der Waals surface area contributed by atoms with Crippen molar-refractivity contribution in [2.24, 2.45) is 5.92 Å². The van der Waals surface area contributed by atoms with Crippen LogP contribution in [0.5, 0.6) is 0 Å². The fourth-order valence-electron chi connectivity index (χ4n) is 1.63. The molecule has 0 aliphatic heterocycles. The number of aliphatic hydroxyl groups is 1. The van der Waals surface area contributed by atoms with Crippen LogP contribution in [0.4, 0.5) is 5.95 Å². The normalized spacial score (nSPS) is 10.9. The third-order valence-electron chi connectivity index (χ3n) is 2.61. The monoisotopic (exact) mass is 252 g/mol. The molecule has 18 heavy (non-hydrogen) atoms. The van der Waals surface area contributed by atoms with Gasteiger partial charge in [0.25, 0.3) is 0 Å². The molecule has 0 atom stereocenters. The number of nitrogens with one attached hydrogen (secondary N) is 1. The number of hydrogen-bond acceptors (Lipinski definition) is 5. The van der Waals surface area contributed by atoms with Gasteiger partial charge >= 0.3 is 0 Å². The summed E-state index contributed by atoms with van der Waals surface area (Å²) >= 11 is 0. The van der Waals surface area contributed by atoms with E-state index >= 15 is 0 Å². The van der Waals surface area contributed by atoms with Crippen molar-refractivity contribution in [3.8, 4) is 0 Å². The first-order valence-corrected chi connectivity index (χ1v) is 6.54. The zero-order chi connectivity index (χ0) is 13.4. The summed E-state index contributed by atoms with van der Waals surface area (Å²) in [5, 5.41) is 12.3. The van der Waals surface area contributed by atoms with Crippen molar-refractivity contribution in [1.29, 1.82) is 0 Å². The van der Waals surface area contributed by atoms with E-state index in [2.05, 4.69) is 29.1 Å². The van der Waals surface area contributed by atoms with Gasteiger partial charge in [0.2, 0.25) is 5.95 Å². The standard InChI is InChI=1S/C13H24N4O/c1-4-17(5-6-18)13-15-9-12(10-16-13)8-14-7-11(2)3/h9-11,14,18H,4-8H2,1-3H3. The predicted octanol–water partition coefficient (Wildman–Crippen LogP) is 1.04. The summed E-state index contributed by atoms with van der Waals surface area (Å²) in [7, 11) is 0. The number of anilines is 1. The van der Waals surface area contributed by atoms with Gasteiger partial charge < -0.3 is 15.3 Å². The first-order valence-electron chi connectivity index (χ1n) is 6.54. The molecule has 0 saturated carbocycles. The molecule has 0 radical (unpaired) electrons. The van der Waals surface area contributed by atoms with Gasteiger partial charge in [-0.15, -0.1) is 0 Å². The highest BCUT2D eigenvalue weighted by Gasteiger charge is 2.06. The Morgan fingerprint density at radius 1 is 1.33 bits per heavy atom. The summed E-state index contributed by atoms with van der Waals surface area (Å²) in [6, 6.07) is 0. The smallest absolute Gasteiger partial charge is 0.225 e. The van der Waals surface area contributed by atoms with Crippen molar-refractivity contribution in [2.75, 3.05) is 31.1 Å². The number of aliphatic hydroxyl groups excluding tert-OH is 1. The lowest BCUT2D eigenvalue weighted by Gasteiger charge is -2.19. The van der Waals surface area contributed by atoms with Gasteiger partial charge in [-0.2, -0.15) is 0 Å². The van der Waals surface area contributed by atoms with Crippen molar-refractivity contribution >= 4 is 5.95 Å². The zero-order valence-corrected chi connectivity index (χ0v) is 11.6. The molecule has 5 heteroatoms. The predicted molar refractivity (Wildman–Crippen MR) is 73.5 cm³/mol. The van der Waals surface area contributed by atoms with Crippen LogP contribution in [0.3, 0.4) is 0 Å². The molecule has 1 heterocycles. The number of hydrogen-bond donors (Lipinski definition) is 2. The van der Waals surface area contributed by atoms with E-state index in [1.165, 1.54) is 0 Å². The summed E-state index contributed by atoms with van der Waals surface area (Å²) in [4.78, 5) is 10.6. The molecule has 5 nitrogen and oxygen atoms in total. The highest BCUT2D eigenvalue weighted by Crippen LogP contribution is 2.06. The summed E-state index contributed by atoms with van der Waals surface area (Å²) in [5.74, 6) is 1.32. The molecule has 2 N–H and O–H groups in total. The average Bonchev–Trinajstić information content (AvgIpc) is 2.36. The average molecular weight is 252 g/mol. The zero-order valence-electron chi connectivity index (χ0n) is 11.6. The van der Waals surface area contributed by atoms with Crippen LogP contribution in [0, 0.1) is 5.92 Å². The van der Waals surface area contributed by atoms with Crippen molar-refractivity contribution in [2.45, 2.75) is 27.3 Å². The molecule has 0 bridgehead atoms. The number of nitrogens with zero attached hydrogens (tertiary/aromatic N) is 3. The number of aromatic nitrogens is 2. The molecule has 0 unspecified atom stereocenters. The van der Waals surface area contributed by atoms with Gasteiger partial charge in [-0.1, -0.05) is 13.8 Å².